The third-order valence-corrected chi connectivity index (χ3v) is 22.2. The molecule has 406 valence electrons. The maximum atomic E-state index is 14.1. The molecule has 1 saturated heterocycles. The number of rotatable bonds is 26. The molecule has 0 spiro atoms. The quantitative estimate of drug-likeness (QED) is 0.0298. The van der Waals surface area contributed by atoms with Gasteiger partial charge in [0.2, 0.25) is 5.91 Å². The highest BCUT2D eigenvalue weighted by Gasteiger charge is 2.66. The molecule has 25 heteroatoms. The summed E-state index contributed by atoms with van der Waals surface area (Å²) < 4.78 is 75.3. The number of fused-ring (bicyclic) bond motifs is 1. The van der Waals surface area contributed by atoms with Crippen molar-refractivity contribution >= 4 is 68.8 Å². The van der Waals surface area contributed by atoms with Crippen LogP contribution in [0.3, 0.4) is 0 Å². The zero-order chi connectivity index (χ0) is 52.6. The maximum absolute atomic E-state index is 14.1. The summed E-state index contributed by atoms with van der Waals surface area (Å²) in [6, 6.07) is -0.347. The van der Waals surface area contributed by atoms with E-state index in [4.69, 9.17) is 50.0 Å². The summed E-state index contributed by atoms with van der Waals surface area (Å²) in [7, 11) is -9.76. The Bertz CT molecular complexity index is 1900. The molecule has 21 nitrogen and oxygen atoms in total. The summed E-state index contributed by atoms with van der Waals surface area (Å²) >= 11 is 0. The highest BCUT2D eigenvalue weighted by atomic mass is 31.2. The lowest BCUT2D eigenvalue weighted by Gasteiger charge is -2.47. The third kappa shape index (κ3) is 19.0. The Morgan fingerprint density at radius 3 is 1.80 bits per heavy atom. The SMILES string of the molecule is COP(N(C(C)C)C(C)C)[C@@]1(O)[C@@H](CO[Si](OC2CCCCCCCCCCC2)(O[Si](C)(C)C)O[Si](C)(C)C)O[C@@H](n2cnc3c(NC(C)=O)ncnc32)[C@@H]1OC(OCCOC(C)=O)OCCOC(C)=O. The molecule has 71 heavy (non-hydrogen) atoms. The number of carbonyl (C=O) groups is 3. The number of esters is 2. The summed E-state index contributed by atoms with van der Waals surface area (Å²) in [5, 5.41) is 14.7. The molecule has 1 amide bonds. The topological polar surface area (TPSA) is 232 Å². The fourth-order valence-corrected chi connectivity index (χ4v) is 19.6. The lowest BCUT2D eigenvalue weighted by atomic mass is 10.00. The fraction of sp³-hybridized carbons (Fsp3) is 0.826. The van der Waals surface area contributed by atoms with Gasteiger partial charge in [0.1, 0.15) is 40.0 Å². The molecule has 0 radical (unpaired) electrons. The minimum absolute atomic E-state index is 0.149. The van der Waals surface area contributed by atoms with Gasteiger partial charge in [0.05, 0.1) is 32.3 Å². The molecule has 0 bridgehead atoms. The van der Waals surface area contributed by atoms with Crippen LogP contribution in [0.15, 0.2) is 12.7 Å². The molecular formula is C46H85N6O15PSi3. The highest BCUT2D eigenvalue weighted by Crippen LogP contribution is 2.63. The molecule has 5 atom stereocenters. The van der Waals surface area contributed by atoms with Gasteiger partial charge in [-0.05, 0) is 79.8 Å². The van der Waals surface area contributed by atoms with Crippen molar-refractivity contribution in [1.29, 1.82) is 0 Å². The van der Waals surface area contributed by atoms with Gasteiger partial charge < -0.3 is 60.5 Å². The van der Waals surface area contributed by atoms with E-state index in [0.29, 0.717) is 0 Å². The molecule has 2 aromatic heterocycles. The van der Waals surface area contributed by atoms with E-state index in [0.717, 1.165) is 38.5 Å². The van der Waals surface area contributed by atoms with Crippen LogP contribution in [0, 0.1) is 0 Å². The van der Waals surface area contributed by atoms with Gasteiger partial charge in [0, 0.05) is 40.0 Å². The Labute approximate surface area is 426 Å². The molecule has 4 rings (SSSR count). The van der Waals surface area contributed by atoms with Gasteiger partial charge >= 0.3 is 21.0 Å². The van der Waals surface area contributed by atoms with E-state index in [1.165, 1.54) is 72.6 Å². The highest BCUT2D eigenvalue weighted by molar-refractivity contribution is 7.51. The van der Waals surface area contributed by atoms with E-state index in [2.05, 4.69) is 64.2 Å². The number of nitrogens with one attached hydrogen (secondary N) is 1. The number of hydrogen-bond donors (Lipinski definition) is 2. The average molecular weight is 1080 g/mol. The van der Waals surface area contributed by atoms with Crippen molar-refractivity contribution in [3.05, 3.63) is 12.7 Å². The maximum Gasteiger partial charge on any atom is 0.658 e. The molecule has 2 N–H and O–H groups in total. The number of hydrogen-bond acceptors (Lipinski definition) is 19. The molecule has 3 heterocycles. The average Bonchev–Trinajstić information content (AvgIpc) is 3.80. The van der Waals surface area contributed by atoms with Crippen LogP contribution < -0.4 is 5.32 Å². The first-order chi connectivity index (χ1) is 33.4. The number of anilines is 1. The first kappa shape index (κ1) is 61.1. The summed E-state index contributed by atoms with van der Waals surface area (Å²) in [5.74, 6) is -1.25. The van der Waals surface area contributed by atoms with E-state index in [1.807, 2.05) is 27.7 Å². The summed E-state index contributed by atoms with van der Waals surface area (Å²) in [5.41, 5.74) is 0.475. The molecule has 2 aromatic rings. The van der Waals surface area contributed by atoms with Crippen molar-refractivity contribution in [3.63, 3.8) is 0 Å². The molecule has 2 fully saturated rings. The first-order valence-electron chi connectivity index (χ1n) is 25.2. The second-order valence-corrected chi connectivity index (χ2v) is 34.3. The van der Waals surface area contributed by atoms with E-state index >= 15 is 0 Å². The van der Waals surface area contributed by atoms with E-state index in [1.54, 1.807) is 4.57 Å². The van der Waals surface area contributed by atoms with Crippen LogP contribution in [0.1, 0.15) is 125 Å². The second kappa shape index (κ2) is 28.5. The van der Waals surface area contributed by atoms with Crippen LogP contribution in [0.2, 0.25) is 39.3 Å². The molecule has 1 saturated carbocycles. The summed E-state index contributed by atoms with van der Waals surface area (Å²) in [4.78, 5) is 49.3. The number of carbonyl (C=O) groups excluding carboxylic acids is 3. The van der Waals surface area contributed by atoms with Crippen LogP contribution in [0.4, 0.5) is 5.82 Å². The number of imidazole rings is 1. The summed E-state index contributed by atoms with van der Waals surface area (Å²) in [6.07, 6.45) is 10.5. The molecule has 2 aliphatic rings. The monoisotopic (exact) mass is 1080 g/mol. The Balaban J connectivity index is 1.96. The van der Waals surface area contributed by atoms with Gasteiger partial charge in [-0.1, -0.05) is 57.8 Å². The largest absolute Gasteiger partial charge is 0.658 e. The lowest BCUT2D eigenvalue weighted by Crippen LogP contribution is -2.62. The van der Waals surface area contributed by atoms with Crippen molar-refractivity contribution in [2.75, 3.05) is 45.5 Å². The number of amides is 1. The van der Waals surface area contributed by atoms with E-state index in [-0.39, 0.29) is 74.1 Å². The van der Waals surface area contributed by atoms with Crippen molar-refractivity contribution in [2.24, 2.45) is 0 Å². The van der Waals surface area contributed by atoms with Gasteiger partial charge in [0.15, 0.2) is 45.2 Å². The van der Waals surface area contributed by atoms with Gasteiger partial charge in [0.25, 0.3) is 6.48 Å². The number of ether oxygens (including phenoxy) is 6. The Kier molecular flexibility index (Phi) is 24.5. The summed E-state index contributed by atoms with van der Waals surface area (Å²) in [6.45, 7) is 21.9. The predicted octanol–water partition coefficient (Wildman–Crippen LogP) is 8.12. The minimum Gasteiger partial charge on any atom is -0.463 e. The molecular weight excluding hydrogens is 992 g/mol. The lowest BCUT2D eigenvalue weighted by molar-refractivity contribution is -0.323. The minimum atomic E-state index is -4.13. The van der Waals surface area contributed by atoms with E-state index in [9.17, 15) is 19.5 Å². The number of nitrogens with zero attached hydrogens (tertiary/aromatic N) is 5. The van der Waals surface area contributed by atoms with Crippen molar-refractivity contribution in [3.8, 4) is 0 Å². The van der Waals surface area contributed by atoms with Crippen molar-refractivity contribution in [2.45, 2.75) is 207 Å². The fourth-order valence-electron chi connectivity index (χ4n) is 8.69. The van der Waals surface area contributed by atoms with Crippen molar-refractivity contribution in [1.82, 2.24) is 24.2 Å². The molecule has 1 aliphatic carbocycles. The third-order valence-electron chi connectivity index (χ3n) is 11.3. The van der Waals surface area contributed by atoms with Gasteiger partial charge in [-0.3, -0.25) is 23.6 Å². The van der Waals surface area contributed by atoms with Crippen molar-refractivity contribution < 1.29 is 69.5 Å². The smallest absolute Gasteiger partial charge is 0.463 e. The standard InChI is InChI=1S/C46H85N6O15PSi3/c1-33(2)52(34(3)4)68(57-8)46(56)39(30-62-71(66-69(9,10)11,67-70(12,13)14)65-38-24-22-20-18-16-15-17-19-21-23-25-38)63-44(51-32-49-40-42(50-35(5)53)47-31-48-43(40)51)41(46)64-45(60-28-26-58-36(6)54)61-29-27-59-37(7)55/h31-34,38-39,41,44-45,56H,15-30H2,1-14H3,(H,47,48,50,53)/t39-,41+,44-,46+,68?/m1/s1. The molecule has 1 aliphatic heterocycles. The van der Waals surface area contributed by atoms with Crippen LogP contribution in [-0.4, -0.2) is 155 Å². The normalized spacial score (nSPS) is 22.0. The predicted molar refractivity (Wildman–Crippen MR) is 275 cm³/mol. The molecule has 1 unspecified atom stereocenters. The zero-order valence-corrected chi connectivity index (χ0v) is 48.8. The Hall–Kier alpha value is -2.40. The number of aliphatic hydroxyl groups is 1. The van der Waals surface area contributed by atoms with Crippen LogP contribution in [0.5, 0.6) is 0 Å². The second-order valence-electron chi connectivity index (χ2n) is 20.6. The zero-order valence-electron chi connectivity index (χ0n) is 44.9. The van der Waals surface area contributed by atoms with Gasteiger partial charge in [-0.25, -0.2) is 15.0 Å². The number of aromatic nitrogens is 4. The van der Waals surface area contributed by atoms with Gasteiger partial charge in [-0.15, -0.1) is 0 Å². The van der Waals surface area contributed by atoms with Crippen LogP contribution in [0.25, 0.3) is 11.2 Å². The first-order valence-corrected chi connectivity index (χ1v) is 34.9. The molecule has 0 aromatic carbocycles. The Morgan fingerprint density at radius 1 is 0.817 bits per heavy atom. The Morgan fingerprint density at radius 2 is 1.34 bits per heavy atom. The van der Waals surface area contributed by atoms with Crippen LogP contribution in [-0.2, 0) is 64.4 Å². The van der Waals surface area contributed by atoms with Gasteiger partial charge in [-0.2, -0.15) is 0 Å². The van der Waals surface area contributed by atoms with Crippen LogP contribution >= 0.6 is 8.30 Å². The van der Waals surface area contributed by atoms with E-state index < -0.39 is 76.2 Å².